The molecule has 0 aromatic heterocycles. The summed E-state index contributed by atoms with van der Waals surface area (Å²) in [5, 5.41) is 3.59. The van der Waals surface area contributed by atoms with Crippen LogP contribution in [0.3, 0.4) is 0 Å². The predicted octanol–water partition coefficient (Wildman–Crippen LogP) is 2.87. The molecule has 1 aromatic rings. The zero-order valence-corrected chi connectivity index (χ0v) is 12.6. The van der Waals surface area contributed by atoms with Gasteiger partial charge < -0.3 is 15.8 Å². The summed E-state index contributed by atoms with van der Waals surface area (Å²) >= 11 is 0. The van der Waals surface area contributed by atoms with Crippen molar-refractivity contribution in [3.8, 4) is 0 Å². The molecular formula is C17H28N2O. The van der Waals surface area contributed by atoms with Gasteiger partial charge in [0.05, 0.1) is 0 Å². The third-order valence-electron chi connectivity index (χ3n) is 4.39. The molecule has 2 rings (SSSR count). The van der Waals surface area contributed by atoms with Crippen LogP contribution < -0.4 is 11.1 Å². The van der Waals surface area contributed by atoms with Crippen molar-refractivity contribution < 1.29 is 4.74 Å². The third-order valence-corrected chi connectivity index (χ3v) is 4.39. The van der Waals surface area contributed by atoms with E-state index >= 15 is 0 Å². The van der Waals surface area contributed by atoms with E-state index in [0.29, 0.717) is 5.41 Å². The van der Waals surface area contributed by atoms with Crippen LogP contribution in [0.1, 0.15) is 43.7 Å². The second-order valence-corrected chi connectivity index (χ2v) is 6.08. The Morgan fingerprint density at radius 3 is 2.70 bits per heavy atom. The Bertz CT molecular complexity index is 376. The number of benzene rings is 1. The van der Waals surface area contributed by atoms with Crippen LogP contribution in [-0.4, -0.2) is 26.8 Å². The first-order valence-corrected chi connectivity index (χ1v) is 7.76. The van der Waals surface area contributed by atoms with Crippen LogP contribution in [0.4, 0.5) is 0 Å². The van der Waals surface area contributed by atoms with E-state index in [1.54, 1.807) is 7.11 Å². The smallest absolute Gasteiger partial charge is 0.0468 e. The first-order chi connectivity index (χ1) is 9.76. The van der Waals surface area contributed by atoms with Gasteiger partial charge in [-0.3, -0.25) is 0 Å². The Morgan fingerprint density at radius 2 is 2.05 bits per heavy atom. The van der Waals surface area contributed by atoms with Crippen molar-refractivity contribution in [2.24, 2.45) is 11.1 Å². The van der Waals surface area contributed by atoms with Crippen LogP contribution in [-0.2, 0) is 4.74 Å². The van der Waals surface area contributed by atoms with Crippen LogP contribution in [0.25, 0.3) is 0 Å². The molecule has 3 N–H and O–H groups in total. The van der Waals surface area contributed by atoms with Gasteiger partial charge in [0.25, 0.3) is 0 Å². The van der Waals surface area contributed by atoms with Crippen LogP contribution in [0.2, 0.25) is 0 Å². The van der Waals surface area contributed by atoms with Crippen molar-refractivity contribution in [2.75, 3.05) is 26.8 Å². The van der Waals surface area contributed by atoms with Crippen molar-refractivity contribution in [3.05, 3.63) is 35.9 Å². The van der Waals surface area contributed by atoms with Crippen LogP contribution in [0.15, 0.2) is 30.3 Å². The summed E-state index contributed by atoms with van der Waals surface area (Å²) in [6.07, 6.45) is 6.08. The second kappa shape index (κ2) is 7.77. The molecule has 0 bridgehead atoms. The summed E-state index contributed by atoms with van der Waals surface area (Å²) in [7, 11) is 1.79. The lowest BCUT2D eigenvalue weighted by Crippen LogP contribution is -2.26. The Morgan fingerprint density at radius 1 is 1.30 bits per heavy atom. The molecule has 0 aliphatic heterocycles. The molecule has 20 heavy (non-hydrogen) atoms. The average molecular weight is 276 g/mol. The Labute approximate surface area is 122 Å². The number of hydrogen-bond donors (Lipinski definition) is 2. The number of nitrogens with one attached hydrogen (secondary N) is 1. The standard InChI is InChI=1S/C17H28N2O/c1-20-13-11-17(9-10-17)14-19-12-5-8-16(18)15-6-3-2-4-7-15/h2-4,6-7,16,19H,5,8-14,18H2,1H3. The molecular weight excluding hydrogens is 248 g/mol. The van der Waals surface area contributed by atoms with E-state index in [9.17, 15) is 0 Å². The average Bonchev–Trinajstić information content (AvgIpc) is 3.26. The maximum absolute atomic E-state index is 6.20. The highest BCUT2D eigenvalue weighted by Gasteiger charge is 2.41. The van der Waals surface area contributed by atoms with Gasteiger partial charge in [-0.1, -0.05) is 30.3 Å². The largest absolute Gasteiger partial charge is 0.385 e. The van der Waals surface area contributed by atoms with Gasteiger partial charge in [0.1, 0.15) is 0 Å². The van der Waals surface area contributed by atoms with Gasteiger partial charge in [0, 0.05) is 26.3 Å². The maximum atomic E-state index is 6.20. The van der Waals surface area contributed by atoms with Gasteiger partial charge in [-0.25, -0.2) is 0 Å². The van der Waals surface area contributed by atoms with Crippen LogP contribution >= 0.6 is 0 Å². The monoisotopic (exact) mass is 276 g/mol. The van der Waals surface area contributed by atoms with Crippen LogP contribution in [0, 0.1) is 5.41 Å². The predicted molar refractivity (Wildman–Crippen MR) is 83.6 cm³/mol. The number of nitrogens with two attached hydrogens (primary N) is 1. The highest BCUT2D eigenvalue weighted by atomic mass is 16.5. The molecule has 1 saturated carbocycles. The maximum Gasteiger partial charge on any atom is 0.0468 e. The summed E-state index contributed by atoms with van der Waals surface area (Å²) < 4.78 is 5.18. The lowest BCUT2D eigenvalue weighted by molar-refractivity contribution is 0.171. The quantitative estimate of drug-likeness (QED) is 0.646. The van der Waals surface area contributed by atoms with E-state index in [1.807, 2.05) is 6.07 Å². The summed E-state index contributed by atoms with van der Waals surface area (Å²) in [5.74, 6) is 0. The van der Waals surface area contributed by atoms with Crippen molar-refractivity contribution in [3.63, 3.8) is 0 Å². The molecule has 3 nitrogen and oxygen atoms in total. The minimum absolute atomic E-state index is 0.168. The fraction of sp³-hybridized carbons (Fsp3) is 0.647. The SMILES string of the molecule is COCCC1(CNCCCC(N)c2ccccc2)CC1. The summed E-state index contributed by atoms with van der Waals surface area (Å²) in [6, 6.07) is 10.5. The van der Waals surface area contributed by atoms with E-state index in [0.717, 1.165) is 32.5 Å². The fourth-order valence-electron chi connectivity index (χ4n) is 2.68. The molecule has 112 valence electrons. The molecule has 1 atom stereocenters. The van der Waals surface area contributed by atoms with Gasteiger partial charge in [0.15, 0.2) is 0 Å². The molecule has 0 saturated heterocycles. The van der Waals surface area contributed by atoms with E-state index in [2.05, 4.69) is 29.6 Å². The summed E-state index contributed by atoms with van der Waals surface area (Å²) in [5.41, 5.74) is 7.98. The Balaban J connectivity index is 1.56. The van der Waals surface area contributed by atoms with Gasteiger partial charge in [-0.05, 0) is 49.6 Å². The summed E-state index contributed by atoms with van der Waals surface area (Å²) in [4.78, 5) is 0. The third kappa shape index (κ3) is 4.89. The van der Waals surface area contributed by atoms with E-state index < -0.39 is 0 Å². The molecule has 1 fully saturated rings. The molecule has 1 aliphatic carbocycles. The molecule has 3 heteroatoms. The van der Waals surface area contributed by atoms with Crippen molar-refractivity contribution in [2.45, 2.75) is 38.1 Å². The van der Waals surface area contributed by atoms with Crippen LogP contribution in [0.5, 0.6) is 0 Å². The molecule has 0 spiro atoms. The number of hydrogen-bond acceptors (Lipinski definition) is 3. The first kappa shape index (κ1) is 15.5. The lowest BCUT2D eigenvalue weighted by Gasteiger charge is -2.16. The molecule has 0 radical (unpaired) electrons. The van der Waals surface area contributed by atoms with Crippen molar-refractivity contribution >= 4 is 0 Å². The zero-order valence-electron chi connectivity index (χ0n) is 12.6. The van der Waals surface area contributed by atoms with E-state index in [-0.39, 0.29) is 6.04 Å². The highest BCUT2D eigenvalue weighted by Crippen LogP contribution is 2.48. The van der Waals surface area contributed by atoms with Gasteiger partial charge >= 0.3 is 0 Å². The zero-order chi connectivity index (χ0) is 14.3. The molecule has 1 aromatic carbocycles. The topological polar surface area (TPSA) is 47.3 Å². The van der Waals surface area contributed by atoms with Gasteiger partial charge in [0.2, 0.25) is 0 Å². The number of rotatable bonds is 10. The summed E-state index contributed by atoms with van der Waals surface area (Å²) in [6.45, 7) is 3.09. The van der Waals surface area contributed by atoms with Crippen molar-refractivity contribution in [1.29, 1.82) is 0 Å². The molecule has 0 amide bonds. The molecule has 1 aliphatic rings. The minimum atomic E-state index is 0.168. The van der Waals surface area contributed by atoms with Gasteiger partial charge in [-0.15, -0.1) is 0 Å². The highest BCUT2D eigenvalue weighted by molar-refractivity contribution is 5.18. The van der Waals surface area contributed by atoms with E-state index in [4.69, 9.17) is 10.5 Å². The molecule has 1 unspecified atom stereocenters. The van der Waals surface area contributed by atoms with E-state index in [1.165, 1.54) is 24.8 Å². The van der Waals surface area contributed by atoms with Gasteiger partial charge in [-0.2, -0.15) is 0 Å². The molecule has 0 heterocycles. The van der Waals surface area contributed by atoms with Crippen molar-refractivity contribution in [1.82, 2.24) is 5.32 Å². The fourth-order valence-corrected chi connectivity index (χ4v) is 2.68. The Hall–Kier alpha value is -0.900. The normalized spacial score (nSPS) is 17.9. The second-order valence-electron chi connectivity index (χ2n) is 6.08. The first-order valence-electron chi connectivity index (χ1n) is 7.76. The number of methoxy groups -OCH3 is 1. The number of ether oxygens (including phenoxy) is 1. The lowest BCUT2D eigenvalue weighted by atomic mass is 10.0. The Kier molecular flexibility index (Phi) is 6.02. The minimum Gasteiger partial charge on any atom is -0.385 e.